The molecule has 1 aromatic rings. The molecule has 1 rings (SSSR count). The molecule has 0 spiro atoms. The fraction of sp³-hybridized carbons (Fsp3) is 0.500. The molecule has 1 aromatic heterocycles. The maximum atomic E-state index is 11.7. The standard InChI is InChI=1S/C8H8ClF3N2O2/c9-6-7(15)14(2-1-13-6)3-4-16-5-8(10,11)12/h1-2H,3-5H2. The van der Waals surface area contributed by atoms with Gasteiger partial charge in [0, 0.05) is 18.9 Å². The first kappa shape index (κ1) is 13.0. The summed E-state index contributed by atoms with van der Waals surface area (Å²) >= 11 is 5.43. The van der Waals surface area contributed by atoms with Crippen LogP contribution in [0.25, 0.3) is 0 Å². The van der Waals surface area contributed by atoms with Crippen molar-refractivity contribution in [3.8, 4) is 0 Å². The second-order valence-electron chi connectivity index (χ2n) is 2.88. The average Bonchev–Trinajstić information content (AvgIpc) is 2.17. The van der Waals surface area contributed by atoms with Gasteiger partial charge in [-0.2, -0.15) is 13.2 Å². The third-order valence-corrected chi connectivity index (χ3v) is 1.87. The largest absolute Gasteiger partial charge is 0.411 e. The van der Waals surface area contributed by atoms with Gasteiger partial charge in [0.15, 0.2) is 5.15 Å². The molecule has 90 valence electrons. The van der Waals surface area contributed by atoms with Gasteiger partial charge in [-0.1, -0.05) is 11.6 Å². The lowest BCUT2D eigenvalue weighted by atomic mass is 10.6. The Morgan fingerprint density at radius 1 is 1.50 bits per heavy atom. The molecule has 8 heteroatoms. The minimum Gasteiger partial charge on any atom is -0.370 e. The first-order chi connectivity index (χ1) is 7.40. The Morgan fingerprint density at radius 3 is 2.81 bits per heavy atom. The minimum absolute atomic E-state index is 0.00282. The maximum absolute atomic E-state index is 11.7. The normalized spacial score (nSPS) is 11.8. The summed E-state index contributed by atoms with van der Waals surface area (Å²) in [5.41, 5.74) is -0.556. The quantitative estimate of drug-likeness (QED) is 0.767. The molecule has 0 radical (unpaired) electrons. The third kappa shape index (κ3) is 4.19. The molecule has 16 heavy (non-hydrogen) atoms. The van der Waals surface area contributed by atoms with Crippen molar-refractivity contribution in [1.29, 1.82) is 0 Å². The molecule has 0 aromatic carbocycles. The van der Waals surface area contributed by atoms with Crippen LogP contribution in [0.2, 0.25) is 5.15 Å². The van der Waals surface area contributed by atoms with E-state index in [0.29, 0.717) is 0 Å². The Morgan fingerprint density at radius 2 is 2.19 bits per heavy atom. The first-order valence-electron chi connectivity index (χ1n) is 4.25. The van der Waals surface area contributed by atoms with Crippen LogP contribution in [0, 0.1) is 0 Å². The van der Waals surface area contributed by atoms with Crippen molar-refractivity contribution in [3.63, 3.8) is 0 Å². The topological polar surface area (TPSA) is 44.1 Å². The number of ether oxygens (including phenoxy) is 1. The van der Waals surface area contributed by atoms with Crippen LogP contribution in [0.15, 0.2) is 17.2 Å². The van der Waals surface area contributed by atoms with E-state index in [0.717, 1.165) is 4.57 Å². The number of rotatable bonds is 4. The number of hydrogen-bond acceptors (Lipinski definition) is 3. The van der Waals surface area contributed by atoms with Crippen molar-refractivity contribution in [2.75, 3.05) is 13.2 Å². The van der Waals surface area contributed by atoms with E-state index < -0.39 is 18.3 Å². The van der Waals surface area contributed by atoms with Crippen molar-refractivity contribution in [1.82, 2.24) is 9.55 Å². The van der Waals surface area contributed by atoms with E-state index in [1.807, 2.05) is 0 Å². The van der Waals surface area contributed by atoms with E-state index in [4.69, 9.17) is 11.6 Å². The van der Waals surface area contributed by atoms with Crippen molar-refractivity contribution in [2.24, 2.45) is 0 Å². The lowest BCUT2D eigenvalue weighted by Crippen LogP contribution is -2.24. The van der Waals surface area contributed by atoms with E-state index in [1.165, 1.54) is 12.4 Å². The Hall–Kier alpha value is -1.08. The first-order valence-corrected chi connectivity index (χ1v) is 4.63. The van der Waals surface area contributed by atoms with Gasteiger partial charge >= 0.3 is 6.18 Å². The fourth-order valence-electron chi connectivity index (χ4n) is 0.948. The second-order valence-corrected chi connectivity index (χ2v) is 3.24. The lowest BCUT2D eigenvalue weighted by Gasteiger charge is -2.08. The molecule has 0 aliphatic carbocycles. The maximum Gasteiger partial charge on any atom is 0.411 e. The Balaban J connectivity index is 2.44. The van der Waals surface area contributed by atoms with Crippen molar-refractivity contribution in [2.45, 2.75) is 12.7 Å². The Kier molecular flexibility index (Phi) is 4.31. The van der Waals surface area contributed by atoms with Crippen molar-refractivity contribution in [3.05, 3.63) is 27.9 Å². The molecule has 0 fully saturated rings. The van der Waals surface area contributed by atoms with Gasteiger partial charge in [0.1, 0.15) is 6.61 Å². The highest BCUT2D eigenvalue weighted by Crippen LogP contribution is 2.14. The molecule has 0 aliphatic rings. The monoisotopic (exact) mass is 256 g/mol. The number of hydrogen-bond donors (Lipinski definition) is 0. The Labute approximate surface area is 93.6 Å². The molecule has 0 saturated heterocycles. The summed E-state index contributed by atoms with van der Waals surface area (Å²) in [6.07, 6.45) is -1.75. The van der Waals surface area contributed by atoms with Crippen molar-refractivity contribution >= 4 is 11.6 Å². The number of nitrogens with zero attached hydrogens (tertiary/aromatic N) is 2. The zero-order chi connectivity index (χ0) is 12.2. The summed E-state index contributed by atoms with van der Waals surface area (Å²) in [7, 11) is 0. The van der Waals surface area contributed by atoms with E-state index in [1.54, 1.807) is 0 Å². The summed E-state index contributed by atoms with van der Waals surface area (Å²) < 4.78 is 40.6. The molecule has 0 unspecified atom stereocenters. The summed E-state index contributed by atoms with van der Waals surface area (Å²) in [5.74, 6) is 0. The van der Waals surface area contributed by atoms with Crippen LogP contribution in [0.4, 0.5) is 13.2 Å². The fourth-order valence-corrected chi connectivity index (χ4v) is 1.11. The summed E-state index contributed by atoms with van der Waals surface area (Å²) in [5, 5.41) is -0.224. The van der Waals surface area contributed by atoms with Gasteiger partial charge in [-0.25, -0.2) is 4.98 Å². The Bertz CT molecular complexity index is 405. The number of aromatic nitrogens is 2. The van der Waals surface area contributed by atoms with E-state index in [2.05, 4.69) is 9.72 Å². The number of alkyl halides is 3. The van der Waals surface area contributed by atoms with E-state index in [-0.39, 0.29) is 18.3 Å². The molecule has 0 amide bonds. The minimum atomic E-state index is -4.36. The van der Waals surface area contributed by atoms with Gasteiger partial charge in [-0.15, -0.1) is 0 Å². The highest BCUT2D eigenvalue weighted by atomic mass is 35.5. The van der Waals surface area contributed by atoms with Crippen LogP contribution < -0.4 is 5.56 Å². The van der Waals surface area contributed by atoms with Crippen LogP contribution >= 0.6 is 11.6 Å². The summed E-state index contributed by atoms with van der Waals surface area (Å²) in [6.45, 7) is -1.56. The highest BCUT2D eigenvalue weighted by Gasteiger charge is 2.27. The molecule has 0 bridgehead atoms. The van der Waals surface area contributed by atoms with Crippen LogP contribution in [-0.2, 0) is 11.3 Å². The van der Waals surface area contributed by atoms with E-state index >= 15 is 0 Å². The molecule has 1 heterocycles. The summed E-state index contributed by atoms with van der Waals surface area (Å²) in [4.78, 5) is 14.8. The van der Waals surface area contributed by atoms with Gasteiger partial charge in [0.05, 0.1) is 6.61 Å². The number of halogens is 4. The van der Waals surface area contributed by atoms with Crippen LogP contribution in [-0.4, -0.2) is 28.9 Å². The third-order valence-electron chi connectivity index (χ3n) is 1.61. The average molecular weight is 257 g/mol. The molecule has 4 nitrogen and oxygen atoms in total. The molecular weight excluding hydrogens is 249 g/mol. The molecule has 0 atom stereocenters. The van der Waals surface area contributed by atoms with Gasteiger partial charge in [0.25, 0.3) is 5.56 Å². The molecule has 0 aliphatic heterocycles. The van der Waals surface area contributed by atoms with Crippen LogP contribution in [0.5, 0.6) is 0 Å². The zero-order valence-corrected chi connectivity index (χ0v) is 8.75. The van der Waals surface area contributed by atoms with Gasteiger partial charge in [0.2, 0.25) is 0 Å². The van der Waals surface area contributed by atoms with Gasteiger partial charge in [-0.3, -0.25) is 4.79 Å². The van der Waals surface area contributed by atoms with Crippen LogP contribution in [0.1, 0.15) is 0 Å². The van der Waals surface area contributed by atoms with Crippen LogP contribution in [0.3, 0.4) is 0 Å². The van der Waals surface area contributed by atoms with Gasteiger partial charge < -0.3 is 9.30 Å². The van der Waals surface area contributed by atoms with E-state index in [9.17, 15) is 18.0 Å². The summed E-state index contributed by atoms with van der Waals surface area (Å²) in [6, 6.07) is 0. The zero-order valence-electron chi connectivity index (χ0n) is 8.00. The molecular formula is C8H8ClF3N2O2. The van der Waals surface area contributed by atoms with Gasteiger partial charge in [-0.05, 0) is 0 Å². The smallest absolute Gasteiger partial charge is 0.370 e. The second kappa shape index (κ2) is 5.31. The molecule has 0 saturated carbocycles. The highest BCUT2D eigenvalue weighted by molar-refractivity contribution is 6.29. The predicted molar refractivity (Wildman–Crippen MR) is 50.4 cm³/mol. The lowest BCUT2D eigenvalue weighted by molar-refractivity contribution is -0.174. The molecule has 0 N–H and O–H groups in total. The SMILES string of the molecule is O=c1c(Cl)nccn1CCOCC(F)(F)F. The van der Waals surface area contributed by atoms with Crippen molar-refractivity contribution < 1.29 is 17.9 Å². The predicted octanol–water partition coefficient (Wildman–Crippen LogP) is 1.48.